The Bertz CT molecular complexity index is 397. The second kappa shape index (κ2) is 4.88. The Morgan fingerprint density at radius 2 is 1.76 bits per heavy atom. The van der Waals surface area contributed by atoms with Crippen LogP contribution in [0, 0.1) is 6.92 Å². The van der Waals surface area contributed by atoms with Gasteiger partial charge in [-0.3, -0.25) is 4.90 Å². The zero-order chi connectivity index (χ0) is 13.2. The van der Waals surface area contributed by atoms with Crippen molar-refractivity contribution in [3.05, 3.63) is 35.4 Å². The predicted molar refractivity (Wildman–Crippen MR) is 69.1 cm³/mol. The van der Waals surface area contributed by atoms with E-state index in [0.29, 0.717) is 0 Å². The highest BCUT2D eigenvalue weighted by Gasteiger charge is 2.40. The highest BCUT2D eigenvalue weighted by Crippen LogP contribution is 2.29. The molecule has 1 N–H and O–H groups in total. The molecule has 1 unspecified atom stereocenters. The number of benzene rings is 1. The van der Waals surface area contributed by atoms with Crippen LogP contribution < -0.4 is 0 Å². The largest absolute Gasteiger partial charge is 0.480 e. The molecule has 0 amide bonds. The molecule has 17 heavy (non-hydrogen) atoms. The van der Waals surface area contributed by atoms with E-state index in [1.54, 1.807) is 6.92 Å². The van der Waals surface area contributed by atoms with Crippen molar-refractivity contribution in [3.8, 4) is 0 Å². The van der Waals surface area contributed by atoms with Crippen LogP contribution in [0.1, 0.15) is 31.9 Å². The first-order chi connectivity index (χ1) is 7.80. The first-order valence-corrected chi connectivity index (χ1v) is 5.83. The summed E-state index contributed by atoms with van der Waals surface area (Å²) in [5, 5.41) is 9.53. The lowest BCUT2D eigenvalue weighted by atomic mass is 9.89. The molecular weight excluding hydrogens is 214 g/mol. The van der Waals surface area contributed by atoms with Crippen LogP contribution in [0.3, 0.4) is 0 Å². The third-order valence-corrected chi connectivity index (χ3v) is 3.51. The normalized spacial score (nSPS) is 15.0. The summed E-state index contributed by atoms with van der Waals surface area (Å²) >= 11 is 0. The van der Waals surface area contributed by atoms with Crippen LogP contribution in [-0.2, 0) is 10.3 Å². The highest BCUT2D eigenvalue weighted by atomic mass is 16.4. The summed E-state index contributed by atoms with van der Waals surface area (Å²) in [6, 6.07) is 7.84. The lowest BCUT2D eigenvalue weighted by molar-refractivity contribution is -0.151. The molecular formula is C14H21NO2. The Morgan fingerprint density at radius 1 is 1.29 bits per heavy atom. The zero-order valence-electron chi connectivity index (χ0n) is 11.2. The molecule has 0 aromatic heterocycles. The summed E-state index contributed by atoms with van der Waals surface area (Å²) in [4.78, 5) is 13.5. The topological polar surface area (TPSA) is 40.5 Å². The maximum atomic E-state index is 11.6. The standard InChI is InChI=1S/C14H21NO2/c1-10(2)15(5)14(4,13(16)17)12-8-6-11(3)7-9-12/h6-10H,1-5H3,(H,16,17). The van der Waals surface area contributed by atoms with Crippen LogP contribution in [0.5, 0.6) is 0 Å². The second-order valence-electron chi connectivity index (χ2n) is 4.95. The van der Waals surface area contributed by atoms with Gasteiger partial charge >= 0.3 is 5.97 Å². The predicted octanol–water partition coefficient (Wildman–Crippen LogP) is 2.64. The van der Waals surface area contributed by atoms with Gasteiger partial charge in [-0.15, -0.1) is 0 Å². The molecule has 3 heteroatoms. The van der Waals surface area contributed by atoms with E-state index >= 15 is 0 Å². The second-order valence-corrected chi connectivity index (χ2v) is 4.95. The molecule has 1 rings (SSSR count). The molecule has 0 radical (unpaired) electrons. The van der Waals surface area contributed by atoms with Gasteiger partial charge in [0.1, 0.15) is 5.54 Å². The Hall–Kier alpha value is -1.35. The summed E-state index contributed by atoms with van der Waals surface area (Å²) < 4.78 is 0. The van der Waals surface area contributed by atoms with Crippen molar-refractivity contribution in [3.63, 3.8) is 0 Å². The molecule has 0 aliphatic heterocycles. The molecule has 0 bridgehead atoms. The first-order valence-electron chi connectivity index (χ1n) is 5.83. The molecule has 0 spiro atoms. The summed E-state index contributed by atoms with van der Waals surface area (Å²) in [6.07, 6.45) is 0. The van der Waals surface area contributed by atoms with Crippen LogP contribution in [0.25, 0.3) is 0 Å². The van der Waals surface area contributed by atoms with Crippen LogP contribution >= 0.6 is 0 Å². The fraction of sp³-hybridized carbons (Fsp3) is 0.500. The summed E-state index contributed by atoms with van der Waals surface area (Å²) in [6.45, 7) is 7.73. The molecule has 0 aliphatic rings. The molecule has 94 valence electrons. The summed E-state index contributed by atoms with van der Waals surface area (Å²) in [7, 11) is 1.85. The van der Waals surface area contributed by atoms with E-state index in [2.05, 4.69) is 0 Å². The van der Waals surface area contributed by atoms with Gasteiger partial charge in [0.15, 0.2) is 0 Å². The van der Waals surface area contributed by atoms with Crippen LogP contribution in [0.4, 0.5) is 0 Å². The van der Waals surface area contributed by atoms with Crippen molar-refractivity contribution in [2.45, 2.75) is 39.3 Å². The zero-order valence-corrected chi connectivity index (χ0v) is 11.2. The molecule has 0 saturated heterocycles. The Kier molecular flexibility index (Phi) is 3.94. The van der Waals surface area contributed by atoms with Crippen LogP contribution in [-0.4, -0.2) is 29.1 Å². The van der Waals surface area contributed by atoms with E-state index in [0.717, 1.165) is 11.1 Å². The third kappa shape index (κ3) is 2.50. The number of carboxylic acid groups (broad SMARTS) is 1. The quantitative estimate of drug-likeness (QED) is 0.872. The van der Waals surface area contributed by atoms with E-state index in [1.165, 1.54) is 0 Å². The Labute approximate surface area is 103 Å². The van der Waals surface area contributed by atoms with Gasteiger partial charge in [0.2, 0.25) is 0 Å². The van der Waals surface area contributed by atoms with Gasteiger partial charge in [0, 0.05) is 6.04 Å². The van der Waals surface area contributed by atoms with Crippen molar-refractivity contribution in [2.75, 3.05) is 7.05 Å². The minimum absolute atomic E-state index is 0.164. The van der Waals surface area contributed by atoms with E-state index in [4.69, 9.17) is 0 Å². The molecule has 1 aromatic rings. The van der Waals surface area contributed by atoms with Crippen molar-refractivity contribution in [1.82, 2.24) is 4.90 Å². The lowest BCUT2D eigenvalue weighted by Crippen LogP contribution is -2.50. The number of hydrogen-bond acceptors (Lipinski definition) is 2. The van der Waals surface area contributed by atoms with Crippen molar-refractivity contribution >= 4 is 5.97 Å². The number of carboxylic acids is 1. The van der Waals surface area contributed by atoms with Gasteiger partial charge < -0.3 is 5.11 Å². The minimum atomic E-state index is -0.984. The molecule has 1 atom stereocenters. The maximum absolute atomic E-state index is 11.6. The molecule has 1 aromatic carbocycles. The lowest BCUT2D eigenvalue weighted by Gasteiger charge is -2.38. The number of hydrogen-bond donors (Lipinski definition) is 1. The molecule has 0 aliphatic carbocycles. The monoisotopic (exact) mass is 235 g/mol. The summed E-state index contributed by atoms with van der Waals surface area (Å²) in [5.41, 5.74) is 0.961. The smallest absolute Gasteiger partial charge is 0.328 e. The number of rotatable bonds is 4. The number of nitrogens with zero attached hydrogens (tertiary/aromatic N) is 1. The molecule has 3 nitrogen and oxygen atoms in total. The summed E-state index contributed by atoms with van der Waals surface area (Å²) in [5.74, 6) is -0.822. The molecule has 0 heterocycles. The third-order valence-electron chi connectivity index (χ3n) is 3.51. The van der Waals surface area contributed by atoms with Crippen LogP contribution in [0.15, 0.2) is 24.3 Å². The van der Waals surface area contributed by atoms with Gasteiger partial charge in [0.05, 0.1) is 0 Å². The van der Waals surface area contributed by atoms with Crippen LogP contribution in [0.2, 0.25) is 0 Å². The number of aliphatic carboxylic acids is 1. The van der Waals surface area contributed by atoms with Crippen molar-refractivity contribution < 1.29 is 9.90 Å². The van der Waals surface area contributed by atoms with Gasteiger partial charge in [-0.05, 0) is 40.3 Å². The Balaban J connectivity index is 3.25. The highest BCUT2D eigenvalue weighted by molar-refractivity contribution is 5.80. The van der Waals surface area contributed by atoms with Crippen molar-refractivity contribution in [1.29, 1.82) is 0 Å². The van der Waals surface area contributed by atoms with E-state index < -0.39 is 11.5 Å². The Morgan fingerprint density at radius 3 is 2.12 bits per heavy atom. The van der Waals surface area contributed by atoms with Gasteiger partial charge in [-0.1, -0.05) is 29.8 Å². The van der Waals surface area contributed by atoms with Gasteiger partial charge in [-0.25, -0.2) is 4.79 Å². The number of carbonyl (C=O) groups is 1. The average Bonchev–Trinajstić information content (AvgIpc) is 2.27. The fourth-order valence-corrected chi connectivity index (χ4v) is 1.87. The first kappa shape index (κ1) is 13.7. The van der Waals surface area contributed by atoms with Crippen molar-refractivity contribution in [2.24, 2.45) is 0 Å². The molecule has 0 saturated carbocycles. The van der Waals surface area contributed by atoms with E-state index in [9.17, 15) is 9.90 Å². The number of aryl methyl sites for hydroxylation is 1. The van der Waals surface area contributed by atoms with E-state index in [1.807, 2.05) is 57.0 Å². The SMILES string of the molecule is Cc1ccc(C(C)(C(=O)O)N(C)C(C)C)cc1. The fourth-order valence-electron chi connectivity index (χ4n) is 1.87. The number of likely N-dealkylation sites (N-methyl/N-ethyl adjacent to an activating group) is 1. The maximum Gasteiger partial charge on any atom is 0.328 e. The minimum Gasteiger partial charge on any atom is -0.480 e. The van der Waals surface area contributed by atoms with Gasteiger partial charge in [-0.2, -0.15) is 0 Å². The average molecular weight is 235 g/mol. The van der Waals surface area contributed by atoms with E-state index in [-0.39, 0.29) is 6.04 Å². The van der Waals surface area contributed by atoms with Gasteiger partial charge in [0.25, 0.3) is 0 Å². The molecule has 0 fully saturated rings.